The first-order valence-electron chi connectivity index (χ1n) is 20.5. The van der Waals surface area contributed by atoms with Crippen LogP contribution in [0.15, 0.2) is 218 Å². The van der Waals surface area contributed by atoms with Gasteiger partial charge in [-0.1, -0.05) is 188 Å². The van der Waals surface area contributed by atoms with E-state index in [0.717, 1.165) is 17.1 Å². The molecule has 10 aromatic rings. The van der Waals surface area contributed by atoms with Crippen LogP contribution in [-0.4, -0.2) is 4.57 Å². The standard InChI is InChI=1S/C57H42N2.CH4.H2/c1-39-20-28-45(29-21-39)57(46-30-22-40(2)23-31-46)52-18-11-17-51-50-16-9-10-19-54(50)59(56(51)52)55-37-36-49(38-53(55)57)58(47-32-24-43(25-33-47)41-12-5-3-6-13-41)48-34-26-44(27-35-48)42-14-7-4-8-15-42;;/h3-38H,1-2H3;1H4;1H. The maximum Gasteiger partial charge on any atom is 0.0743 e. The van der Waals surface area contributed by atoms with Crippen molar-refractivity contribution in [1.29, 1.82) is 0 Å². The second kappa shape index (κ2) is 14.8. The number of hydrogen-bond acceptors (Lipinski definition) is 1. The van der Waals surface area contributed by atoms with Crippen LogP contribution in [0.25, 0.3) is 49.7 Å². The molecule has 0 unspecified atom stereocenters. The van der Waals surface area contributed by atoms with E-state index >= 15 is 0 Å². The van der Waals surface area contributed by atoms with Crippen molar-refractivity contribution in [3.63, 3.8) is 0 Å². The Morgan fingerprint density at radius 2 is 0.867 bits per heavy atom. The van der Waals surface area contributed by atoms with Gasteiger partial charge in [0, 0.05) is 29.3 Å². The molecule has 0 N–H and O–H groups in total. The minimum absolute atomic E-state index is 0. The van der Waals surface area contributed by atoms with Crippen molar-refractivity contribution in [1.82, 2.24) is 4.57 Å². The SMILES string of the molecule is C.Cc1ccc(C2(c3ccc(C)cc3)c3cc(N(c4ccc(-c5ccccc5)cc4)c4ccc(-c5ccccc5)cc4)ccc3-n3c4ccccc4c4cccc2c43)cc1.[HH]. The van der Waals surface area contributed by atoms with E-state index in [1.54, 1.807) is 0 Å². The smallest absolute Gasteiger partial charge is 0.0743 e. The fourth-order valence-electron chi connectivity index (χ4n) is 9.59. The molecule has 2 heterocycles. The van der Waals surface area contributed by atoms with E-state index in [1.165, 1.54) is 83.1 Å². The first-order valence-corrected chi connectivity index (χ1v) is 20.5. The summed E-state index contributed by atoms with van der Waals surface area (Å²) in [6.45, 7) is 4.36. The van der Waals surface area contributed by atoms with Crippen molar-refractivity contribution in [2.24, 2.45) is 0 Å². The van der Waals surface area contributed by atoms with Crippen molar-refractivity contribution in [3.05, 3.63) is 252 Å². The molecule has 60 heavy (non-hydrogen) atoms. The van der Waals surface area contributed by atoms with Gasteiger partial charge < -0.3 is 9.47 Å². The fourth-order valence-corrected chi connectivity index (χ4v) is 9.59. The second-order valence-electron chi connectivity index (χ2n) is 15.9. The number of fused-ring (bicyclic) bond motifs is 5. The van der Waals surface area contributed by atoms with Crippen LogP contribution in [0.5, 0.6) is 0 Å². The van der Waals surface area contributed by atoms with E-state index in [0.29, 0.717) is 0 Å². The normalized spacial score (nSPS) is 12.5. The molecule has 2 nitrogen and oxygen atoms in total. The largest absolute Gasteiger partial charge is 0.310 e. The summed E-state index contributed by atoms with van der Waals surface area (Å²) in [5, 5.41) is 2.54. The van der Waals surface area contributed by atoms with Gasteiger partial charge in [-0.25, -0.2) is 0 Å². The van der Waals surface area contributed by atoms with Crippen LogP contribution in [-0.2, 0) is 5.41 Å². The number of nitrogens with zero attached hydrogens (tertiary/aromatic N) is 2. The first kappa shape index (κ1) is 36.9. The molecule has 0 spiro atoms. The van der Waals surface area contributed by atoms with Crippen LogP contribution in [0, 0.1) is 13.8 Å². The molecule has 1 aliphatic rings. The Morgan fingerprint density at radius 1 is 0.400 bits per heavy atom. The van der Waals surface area contributed by atoms with Gasteiger partial charge in [-0.3, -0.25) is 0 Å². The summed E-state index contributed by atoms with van der Waals surface area (Å²) in [6, 6.07) is 80.7. The van der Waals surface area contributed by atoms with Crippen LogP contribution in [0.2, 0.25) is 0 Å². The summed E-state index contributed by atoms with van der Waals surface area (Å²) < 4.78 is 2.52. The molecule has 1 aliphatic heterocycles. The second-order valence-corrected chi connectivity index (χ2v) is 15.9. The zero-order valence-electron chi connectivity index (χ0n) is 33.2. The monoisotopic (exact) mass is 772 g/mol. The van der Waals surface area contributed by atoms with E-state index in [-0.39, 0.29) is 8.85 Å². The zero-order valence-corrected chi connectivity index (χ0v) is 33.2. The highest BCUT2D eigenvalue weighted by Crippen LogP contribution is 2.55. The van der Waals surface area contributed by atoms with Crippen molar-refractivity contribution in [3.8, 4) is 27.9 Å². The molecule has 0 radical (unpaired) electrons. The van der Waals surface area contributed by atoms with Crippen LogP contribution in [0.4, 0.5) is 17.1 Å². The number of aromatic nitrogens is 1. The molecule has 290 valence electrons. The van der Waals surface area contributed by atoms with E-state index in [9.17, 15) is 0 Å². The van der Waals surface area contributed by atoms with Gasteiger partial charge in [0.1, 0.15) is 0 Å². The third-order valence-electron chi connectivity index (χ3n) is 12.4. The van der Waals surface area contributed by atoms with Crippen molar-refractivity contribution < 1.29 is 1.43 Å². The topological polar surface area (TPSA) is 8.17 Å². The maximum absolute atomic E-state index is 2.52. The lowest BCUT2D eigenvalue weighted by Gasteiger charge is -2.42. The lowest BCUT2D eigenvalue weighted by atomic mass is 9.63. The van der Waals surface area contributed by atoms with Crippen molar-refractivity contribution in [2.75, 3.05) is 4.90 Å². The maximum atomic E-state index is 2.52. The highest BCUT2D eigenvalue weighted by molar-refractivity contribution is 6.12. The molecule has 0 amide bonds. The molecule has 2 heteroatoms. The molecule has 0 saturated heterocycles. The molecule has 1 aromatic heterocycles. The Bertz CT molecular complexity index is 3000. The van der Waals surface area contributed by atoms with Crippen LogP contribution in [0.1, 0.15) is 42.2 Å². The van der Waals surface area contributed by atoms with E-state index in [4.69, 9.17) is 0 Å². The Balaban J connectivity index is 0.00000238. The van der Waals surface area contributed by atoms with E-state index in [2.05, 4.69) is 242 Å². The van der Waals surface area contributed by atoms with Gasteiger partial charge in [0.15, 0.2) is 0 Å². The van der Waals surface area contributed by atoms with E-state index in [1.807, 2.05) is 0 Å². The number of rotatable bonds is 7. The van der Waals surface area contributed by atoms with Gasteiger partial charge in [0.05, 0.1) is 22.1 Å². The number of aryl methyl sites for hydroxylation is 2. The Morgan fingerprint density at radius 3 is 1.42 bits per heavy atom. The van der Waals surface area contributed by atoms with Crippen LogP contribution >= 0.6 is 0 Å². The first-order chi connectivity index (χ1) is 29.1. The van der Waals surface area contributed by atoms with Gasteiger partial charge in [0.2, 0.25) is 0 Å². The number of hydrogen-bond donors (Lipinski definition) is 0. The molecule has 0 saturated carbocycles. The minimum Gasteiger partial charge on any atom is -0.310 e. The predicted octanol–water partition coefficient (Wildman–Crippen LogP) is 15.8. The third kappa shape index (κ3) is 5.79. The van der Waals surface area contributed by atoms with Crippen LogP contribution < -0.4 is 4.90 Å². The molecular weight excluding hydrogens is 725 g/mol. The van der Waals surface area contributed by atoms with Gasteiger partial charge in [-0.2, -0.15) is 0 Å². The molecule has 0 fully saturated rings. The number of benzene rings is 9. The van der Waals surface area contributed by atoms with Gasteiger partial charge >= 0.3 is 0 Å². The molecule has 0 atom stereocenters. The molecule has 9 aromatic carbocycles. The molecule has 0 aliphatic carbocycles. The van der Waals surface area contributed by atoms with Gasteiger partial charge in [-0.05, 0) is 107 Å². The number of para-hydroxylation sites is 2. The molecule has 0 bridgehead atoms. The lowest BCUT2D eigenvalue weighted by Crippen LogP contribution is -2.35. The molecular formula is C58H48N2. The van der Waals surface area contributed by atoms with Crippen molar-refractivity contribution in [2.45, 2.75) is 26.7 Å². The summed E-state index contributed by atoms with van der Waals surface area (Å²) in [7, 11) is 0. The third-order valence-corrected chi connectivity index (χ3v) is 12.4. The highest BCUT2D eigenvalue weighted by Gasteiger charge is 2.45. The fraction of sp³-hybridized carbons (Fsp3) is 0.0690. The predicted molar refractivity (Wildman–Crippen MR) is 257 cm³/mol. The Hall–Kier alpha value is -7.42. The quantitative estimate of drug-likeness (QED) is 0.157. The zero-order chi connectivity index (χ0) is 39.5. The van der Waals surface area contributed by atoms with Gasteiger partial charge in [-0.15, -0.1) is 0 Å². The van der Waals surface area contributed by atoms with Gasteiger partial charge in [0.25, 0.3) is 0 Å². The lowest BCUT2D eigenvalue weighted by molar-refractivity contribution is 0.727. The van der Waals surface area contributed by atoms with E-state index < -0.39 is 5.41 Å². The van der Waals surface area contributed by atoms with Crippen molar-refractivity contribution >= 4 is 38.9 Å². The summed E-state index contributed by atoms with van der Waals surface area (Å²) >= 11 is 0. The number of anilines is 3. The summed E-state index contributed by atoms with van der Waals surface area (Å²) in [5.41, 5.74) is 18.7. The highest BCUT2D eigenvalue weighted by atomic mass is 15.1. The van der Waals surface area contributed by atoms with Crippen LogP contribution in [0.3, 0.4) is 0 Å². The minimum atomic E-state index is -0.614. The Kier molecular flexibility index (Phi) is 9.07. The molecule has 11 rings (SSSR count). The Labute approximate surface area is 354 Å². The average Bonchev–Trinajstić information content (AvgIpc) is 3.64. The summed E-state index contributed by atoms with van der Waals surface area (Å²) in [6.07, 6.45) is 0. The summed E-state index contributed by atoms with van der Waals surface area (Å²) in [4.78, 5) is 2.42. The summed E-state index contributed by atoms with van der Waals surface area (Å²) in [5.74, 6) is 0. The average molecular weight is 773 g/mol.